The van der Waals surface area contributed by atoms with Gasteiger partial charge in [-0.2, -0.15) is 0 Å². The zero-order valence-corrected chi connectivity index (χ0v) is 13.1. The Balaban J connectivity index is 1.59. The van der Waals surface area contributed by atoms with Crippen LogP contribution in [0.4, 0.5) is 0 Å². The third kappa shape index (κ3) is 2.50. The number of aromatic nitrogens is 2. The standard InChI is InChI=1S/C19H19N3O/c1-21-17-10-6-5-9-16(17)20-19(21)15-11-18(23)22(13-15)12-14-7-3-2-4-8-14/h2-10,15H,11-13H2,1H3/t15-/m1/s1. The highest BCUT2D eigenvalue weighted by Gasteiger charge is 2.33. The number of amides is 1. The molecule has 1 aliphatic heterocycles. The van der Waals surface area contributed by atoms with Crippen LogP contribution in [0.15, 0.2) is 54.6 Å². The van der Waals surface area contributed by atoms with Crippen molar-refractivity contribution in [3.8, 4) is 0 Å². The van der Waals surface area contributed by atoms with Crippen LogP contribution in [0.5, 0.6) is 0 Å². The molecule has 1 aromatic heterocycles. The van der Waals surface area contributed by atoms with E-state index in [1.165, 1.54) is 5.56 Å². The van der Waals surface area contributed by atoms with E-state index in [1.807, 2.05) is 48.3 Å². The minimum absolute atomic E-state index is 0.170. The minimum Gasteiger partial charge on any atom is -0.338 e. The van der Waals surface area contributed by atoms with Gasteiger partial charge in [0.1, 0.15) is 5.82 Å². The fourth-order valence-corrected chi connectivity index (χ4v) is 3.43. The monoisotopic (exact) mass is 305 g/mol. The summed E-state index contributed by atoms with van der Waals surface area (Å²) in [4.78, 5) is 19.1. The van der Waals surface area contributed by atoms with Gasteiger partial charge in [-0.15, -0.1) is 0 Å². The Morgan fingerprint density at radius 3 is 2.61 bits per heavy atom. The van der Waals surface area contributed by atoms with E-state index in [2.05, 4.69) is 22.8 Å². The molecule has 0 radical (unpaired) electrons. The number of carbonyl (C=O) groups excluding carboxylic acids is 1. The zero-order valence-electron chi connectivity index (χ0n) is 13.1. The number of nitrogens with zero attached hydrogens (tertiary/aromatic N) is 3. The first-order chi connectivity index (χ1) is 11.2. The van der Waals surface area contributed by atoms with Crippen LogP contribution in [0.1, 0.15) is 23.7 Å². The number of rotatable bonds is 3. The first kappa shape index (κ1) is 14.0. The number of hydrogen-bond donors (Lipinski definition) is 0. The van der Waals surface area contributed by atoms with Crippen molar-refractivity contribution >= 4 is 16.9 Å². The van der Waals surface area contributed by atoms with E-state index in [1.54, 1.807) is 0 Å². The predicted molar refractivity (Wildman–Crippen MR) is 89.9 cm³/mol. The predicted octanol–water partition coefficient (Wildman–Crippen LogP) is 3.09. The molecule has 1 atom stereocenters. The minimum atomic E-state index is 0.170. The lowest BCUT2D eigenvalue weighted by Crippen LogP contribution is -2.24. The third-order valence-electron chi connectivity index (χ3n) is 4.62. The van der Waals surface area contributed by atoms with Crippen molar-refractivity contribution in [1.82, 2.24) is 14.5 Å². The number of fused-ring (bicyclic) bond motifs is 1. The Bertz CT molecular complexity index is 853. The summed E-state index contributed by atoms with van der Waals surface area (Å²) in [5.41, 5.74) is 3.29. The number of carbonyl (C=O) groups is 1. The van der Waals surface area contributed by atoms with Gasteiger partial charge >= 0.3 is 0 Å². The van der Waals surface area contributed by atoms with E-state index in [9.17, 15) is 4.79 Å². The van der Waals surface area contributed by atoms with Crippen LogP contribution in [0.25, 0.3) is 11.0 Å². The van der Waals surface area contributed by atoms with Crippen molar-refractivity contribution in [2.45, 2.75) is 18.9 Å². The van der Waals surface area contributed by atoms with E-state index in [0.29, 0.717) is 13.0 Å². The second-order valence-corrected chi connectivity index (χ2v) is 6.18. The second kappa shape index (κ2) is 5.54. The van der Waals surface area contributed by atoms with Gasteiger partial charge in [0.05, 0.1) is 11.0 Å². The lowest BCUT2D eigenvalue weighted by Gasteiger charge is -2.16. The van der Waals surface area contributed by atoms with Crippen molar-refractivity contribution in [1.29, 1.82) is 0 Å². The van der Waals surface area contributed by atoms with Gasteiger partial charge in [0.2, 0.25) is 5.91 Å². The molecule has 0 aliphatic carbocycles. The summed E-state index contributed by atoms with van der Waals surface area (Å²) in [5, 5.41) is 0. The van der Waals surface area contributed by atoms with Crippen LogP contribution in [0, 0.1) is 0 Å². The highest BCUT2D eigenvalue weighted by atomic mass is 16.2. The summed E-state index contributed by atoms with van der Waals surface area (Å²) in [7, 11) is 2.04. The highest BCUT2D eigenvalue weighted by Crippen LogP contribution is 2.30. The van der Waals surface area contributed by atoms with E-state index in [0.717, 1.165) is 23.4 Å². The maximum Gasteiger partial charge on any atom is 0.223 e. The van der Waals surface area contributed by atoms with Gasteiger partial charge in [-0.1, -0.05) is 42.5 Å². The molecule has 2 aromatic carbocycles. The van der Waals surface area contributed by atoms with Crippen molar-refractivity contribution in [2.75, 3.05) is 6.54 Å². The first-order valence-corrected chi connectivity index (χ1v) is 7.95. The number of para-hydroxylation sites is 2. The molecule has 4 heteroatoms. The molecular formula is C19H19N3O. The fraction of sp³-hybridized carbons (Fsp3) is 0.263. The Hall–Kier alpha value is -2.62. The van der Waals surface area contributed by atoms with Gasteiger partial charge in [-0.3, -0.25) is 4.79 Å². The maximum atomic E-state index is 12.4. The summed E-state index contributed by atoms with van der Waals surface area (Å²) in [6.45, 7) is 1.42. The molecule has 0 N–H and O–H groups in total. The largest absolute Gasteiger partial charge is 0.338 e. The van der Waals surface area contributed by atoms with Gasteiger partial charge in [0, 0.05) is 32.5 Å². The normalized spacial score (nSPS) is 18.0. The summed E-state index contributed by atoms with van der Waals surface area (Å²) >= 11 is 0. The Morgan fingerprint density at radius 1 is 1.09 bits per heavy atom. The third-order valence-corrected chi connectivity index (χ3v) is 4.62. The molecule has 0 spiro atoms. The molecule has 4 rings (SSSR count). The van der Waals surface area contributed by atoms with E-state index >= 15 is 0 Å². The summed E-state index contributed by atoms with van der Waals surface area (Å²) in [6.07, 6.45) is 0.546. The average molecular weight is 305 g/mol. The molecule has 4 nitrogen and oxygen atoms in total. The van der Waals surface area contributed by atoms with Crippen LogP contribution in [0.2, 0.25) is 0 Å². The number of benzene rings is 2. The number of imidazole rings is 1. The SMILES string of the molecule is Cn1c([C@@H]2CC(=O)N(Cc3ccccc3)C2)nc2ccccc21. The Labute approximate surface area is 135 Å². The van der Waals surface area contributed by atoms with Crippen LogP contribution in [-0.4, -0.2) is 26.9 Å². The van der Waals surface area contributed by atoms with Crippen molar-refractivity contribution in [3.63, 3.8) is 0 Å². The molecule has 1 amide bonds. The zero-order chi connectivity index (χ0) is 15.8. The van der Waals surface area contributed by atoms with Crippen LogP contribution in [0.3, 0.4) is 0 Å². The summed E-state index contributed by atoms with van der Waals surface area (Å²) < 4.78 is 2.12. The molecule has 116 valence electrons. The van der Waals surface area contributed by atoms with Crippen molar-refractivity contribution in [2.24, 2.45) is 7.05 Å². The molecule has 23 heavy (non-hydrogen) atoms. The Morgan fingerprint density at radius 2 is 1.83 bits per heavy atom. The molecule has 1 aliphatic rings. The smallest absolute Gasteiger partial charge is 0.223 e. The maximum absolute atomic E-state index is 12.4. The topological polar surface area (TPSA) is 38.1 Å². The number of likely N-dealkylation sites (tertiary alicyclic amines) is 1. The average Bonchev–Trinajstić information content (AvgIpc) is 3.10. The van der Waals surface area contributed by atoms with Crippen LogP contribution in [-0.2, 0) is 18.4 Å². The quantitative estimate of drug-likeness (QED) is 0.746. The van der Waals surface area contributed by atoms with Gasteiger partial charge in [-0.25, -0.2) is 4.98 Å². The van der Waals surface area contributed by atoms with E-state index < -0.39 is 0 Å². The molecule has 0 saturated carbocycles. The highest BCUT2D eigenvalue weighted by molar-refractivity contribution is 5.80. The molecule has 0 unspecified atom stereocenters. The van der Waals surface area contributed by atoms with Crippen LogP contribution >= 0.6 is 0 Å². The fourth-order valence-electron chi connectivity index (χ4n) is 3.43. The lowest BCUT2D eigenvalue weighted by atomic mass is 10.1. The summed E-state index contributed by atoms with van der Waals surface area (Å²) in [5.74, 6) is 1.39. The van der Waals surface area contributed by atoms with Crippen molar-refractivity contribution in [3.05, 3.63) is 66.0 Å². The van der Waals surface area contributed by atoms with Crippen LogP contribution < -0.4 is 0 Å². The van der Waals surface area contributed by atoms with Gasteiger partial charge in [-0.05, 0) is 17.7 Å². The van der Waals surface area contributed by atoms with E-state index in [4.69, 9.17) is 4.98 Å². The molecule has 2 heterocycles. The Kier molecular flexibility index (Phi) is 3.37. The van der Waals surface area contributed by atoms with Gasteiger partial charge < -0.3 is 9.47 Å². The number of aryl methyl sites for hydroxylation is 1. The molecule has 3 aromatic rings. The molecular weight excluding hydrogens is 286 g/mol. The van der Waals surface area contributed by atoms with Gasteiger partial charge in [0.15, 0.2) is 0 Å². The molecule has 1 fully saturated rings. The van der Waals surface area contributed by atoms with Gasteiger partial charge in [0.25, 0.3) is 0 Å². The second-order valence-electron chi connectivity index (χ2n) is 6.18. The number of hydrogen-bond acceptors (Lipinski definition) is 2. The summed E-state index contributed by atoms with van der Waals surface area (Å²) in [6, 6.07) is 18.3. The molecule has 1 saturated heterocycles. The first-order valence-electron chi connectivity index (χ1n) is 7.95. The lowest BCUT2D eigenvalue weighted by molar-refractivity contribution is -0.128. The molecule has 0 bridgehead atoms. The van der Waals surface area contributed by atoms with E-state index in [-0.39, 0.29) is 11.8 Å². The van der Waals surface area contributed by atoms with Crippen molar-refractivity contribution < 1.29 is 4.79 Å².